The van der Waals surface area contributed by atoms with Gasteiger partial charge in [0.1, 0.15) is 5.03 Å². The van der Waals surface area contributed by atoms with Crippen LogP contribution >= 0.6 is 36.6 Å². The van der Waals surface area contributed by atoms with E-state index >= 15 is 0 Å². The molecule has 29 heavy (non-hydrogen) atoms. The Hall–Kier alpha value is -1.47. The van der Waals surface area contributed by atoms with Crippen molar-refractivity contribution >= 4 is 47.9 Å². The molecule has 2 N–H and O–H groups in total. The van der Waals surface area contributed by atoms with Gasteiger partial charge in [0.05, 0.1) is 17.6 Å². The minimum absolute atomic E-state index is 0. The Labute approximate surface area is 188 Å². The molecule has 1 unspecified atom stereocenters. The average molecular weight is 452 g/mol. The second-order valence-electron chi connectivity index (χ2n) is 7.51. The van der Waals surface area contributed by atoms with Gasteiger partial charge in [0.2, 0.25) is 0 Å². The van der Waals surface area contributed by atoms with E-state index < -0.39 is 0 Å². The summed E-state index contributed by atoms with van der Waals surface area (Å²) in [6, 6.07) is 12.7. The maximum Gasteiger partial charge on any atom is 0.177 e. The second-order valence-corrected chi connectivity index (χ2v) is 8.84. The lowest BCUT2D eigenvalue weighted by Gasteiger charge is -2.22. The molecule has 3 aromatic rings. The summed E-state index contributed by atoms with van der Waals surface area (Å²) in [5, 5.41) is 13.7. The number of rotatable bonds is 6. The van der Waals surface area contributed by atoms with E-state index in [9.17, 15) is 0 Å². The van der Waals surface area contributed by atoms with Crippen LogP contribution in [-0.2, 0) is 6.54 Å². The fourth-order valence-corrected chi connectivity index (χ4v) is 4.83. The van der Waals surface area contributed by atoms with E-state index in [0.717, 1.165) is 36.0 Å². The molecule has 2 fully saturated rings. The molecule has 1 saturated heterocycles. The maximum atomic E-state index is 4.96. The van der Waals surface area contributed by atoms with Crippen molar-refractivity contribution in [3.05, 3.63) is 53.9 Å². The van der Waals surface area contributed by atoms with Crippen molar-refractivity contribution in [3.8, 4) is 0 Å². The monoisotopic (exact) mass is 451 g/mol. The van der Waals surface area contributed by atoms with Crippen LogP contribution in [0.15, 0.2) is 47.6 Å². The Morgan fingerprint density at radius 1 is 1.14 bits per heavy atom. The lowest BCUT2D eigenvalue weighted by Crippen LogP contribution is -2.31. The van der Waals surface area contributed by atoms with Crippen LogP contribution in [0, 0.1) is 0 Å². The van der Waals surface area contributed by atoms with Gasteiger partial charge < -0.3 is 10.6 Å². The molecule has 0 amide bonds. The first kappa shape index (κ1) is 22.2. The molecule has 1 aliphatic carbocycles. The third-order valence-electron chi connectivity index (χ3n) is 5.33. The molecule has 0 radical (unpaired) electrons. The van der Waals surface area contributed by atoms with Gasteiger partial charge in [-0.2, -0.15) is 5.10 Å². The van der Waals surface area contributed by atoms with Crippen molar-refractivity contribution < 1.29 is 0 Å². The third-order valence-corrected chi connectivity index (χ3v) is 6.51. The fourth-order valence-electron chi connectivity index (χ4n) is 3.69. The van der Waals surface area contributed by atoms with Gasteiger partial charge in [0.15, 0.2) is 5.65 Å². The second kappa shape index (κ2) is 10.0. The van der Waals surface area contributed by atoms with Crippen LogP contribution in [0.2, 0.25) is 0 Å². The van der Waals surface area contributed by atoms with Crippen LogP contribution in [0.25, 0.3) is 5.65 Å². The zero-order chi connectivity index (χ0) is 18.1. The van der Waals surface area contributed by atoms with E-state index in [2.05, 4.69) is 51.5 Å². The molecule has 1 aliphatic heterocycles. The number of fused-ring (bicyclic) bond motifs is 1. The number of benzene rings is 1. The lowest BCUT2D eigenvalue weighted by atomic mass is 10.2. The lowest BCUT2D eigenvalue weighted by molar-refractivity contribution is 0.531. The Kier molecular flexibility index (Phi) is 7.68. The Morgan fingerprint density at radius 2 is 1.97 bits per heavy atom. The molecular formula is C21H27Cl2N5S. The Balaban J connectivity index is 0.00000120. The molecule has 1 saturated carbocycles. The third kappa shape index (κ3) is 5.18. The summed E-state index contributed by atoms with van der Waals surface area (Å²) in [6.45, 7) is 3.00. The first-order valence-electron chi connectivity index (χ1n) is 9.91. The molecule has 3 heterocycles. The molecule has 2 aliphatic rings. The van der Waals surface area contributed by atoms with Gasteiger partial charge in [-0.05, 0) is 43.9 Å². The number of halogens is 2. The summed E-state index contributed by atoms with van der Waals surface area (Å²) >= 11 is 1.90. The van der Waals surface area contributed by atoms with Crippen molar-refractivity contribution in [2.75, 3.05) is 18.4 Å². The highest BCUT2D eigenvalue weighted by atomic mass is 35.5. The van der Waals surface area contributed by atoms with Crippen LogP contribution in [-0.4, -0.2) is 32.9 Å². The smallest absolute Gasteiger partial charge is 0.177 e. The van der Waals surface area contributed by atoms with Crippen LogP contribution in [0.1, 0.15) is 42.9 Å². The van der Waals surface area contributed by atoms with Crippen LogP contribution < -0.4 is 10.6 Å². The van der Waals surface area contributed by atoms with Gasteiger partial charge in [0.25, 0.3) is 0 Å². The van der Waals surface area contributed by atoms with E-state index in [4.69, 9.17) is 10.1 Å². The Morgan fingerprint density at radius 3 is 2.69 bits per heavy atom. The summed E-state index contributed by atoms with van der Waals surface area (Å²) in [7, 11) is 0. The van der Waals surface area contributed by atoms with Gasteiger partial charge >= 0.3 is 0 Å². The topological polar surface area (TPSA) is 54.2 Å². The highest BCUT2D eigenvalue weighted by molar-refractivity contribution is 7.99. The van der Waals surface area contributed by atoms with Gasteiger partial charge in [-0.1, -0.05) is 42.1 Å². The molecule has 1 atom stereocenters. The SMILES string of the molecule is Cl.Cl.c1ccc(CNc2cc(SC3CCCNC3)nn3c(C4CC4)cnc23)cc1. The van der Waals surface area contributed by atoms with Crippen molar-refractivity contribution in [3.63, 3.8) is 0 Å². The normalized spacial score (nSPS) is 18.7. The zero-order valence-electron chi connectivity index (χ0n) is 16.2. The van der Waals surface area contributed by atoms with Gasteiger partial charge in [-0.25, -0.2) is 9.50 Å². The molecule has 8 heteroatoms. The number of nitrogens with one attached hydrogen (secondary N) is 2. The minimum atomic E-state index is 0. The van der Waals surface area contributed by atoms with E-state index in [-0.39, 0.29) is 24.8 Å². The maximum absolute atomic E-state index is 4.96. The van der Waals surface area contributed by atoms with Gasteiger partial charge in [0, 0.05) is 24.3 Å². The minimum Gasteiger partial charge on any atom is -0.378 e. The fraction of sp³-hybridized carbons (Fsp3) is 0.429. The van der Waals surface area contributed by atoms with Crippen molar-refractivity contribution in [2.24, 2.45) is 0 Å². The quantitative estimate of drug-likeness (QED) is 0.557. The summed E-state index contributed by atoms with van der Waals surface area (Å²) in [5.74, 6) is 0.631. The number of nitrogens with zero attached hydrogens (tertiary/aromatic N) is 3. The van der Waals surface area contributed by atoms with Crippen LogP contribution in [0.4, 0.5) is 5.69 Å². The molecule has 5 rings (SSSR count). The number of thioether (sulfide) groups is 1. The number of piperidine rings is 1. The first-order valence-corrected chi connectivity index (χ1v) is 10.8. The molecule has 0 bridgehead atoms. The predicted molar refractivity (Wildman–Crippen MR) is 125 cm³/mol. The van der Waals surface area contributed by atoms with E-state index in [1.54, 1.807) is 0 Å². The zero-order valence-corrected chi connectivity index (χ0v) is 18.7. The first-order chi connectivity index (χ1) is 13.4. The van der Waals surface area contributed by atoms with Crippen molar-refractivity contribution in [2.45, 2.75) is 48.4 Å². The highest BCUT2D eigenvalue weighted by Gasteiger charge is 2.28. The number of hydrogen-bond acceptors (Lipinski definition) is 5. The number of imidazole rings is 1. The summed E-state index contributed by atoms with van der Waals surface area (Å²) in [6.07, 6.45) is 7.03. The standard InChI is InChI=1S/C21H25N5S.2ClH/c1-2-5-15(6-3-1)12-23-18-11-20(27-17-7-4-10-22-13-17)25-26-19(16-8-9-16)14-24-21(18)26;;/h1-3,5-6,11,14,16-17,22-23H,4,7-10,12-13H2;2*1H. The molecule has 156 valence electrons. The van der Waals surface area contributed by atoms with E-state index in [1.807, 2.05) is 18.0 Å². The van der Waals surface area contributed by atoms with Crippen LogP contribution in [0.3, 0.4) is 0 Å². The van der Waals surface area contributed by atoms with Crippen LogP contribution in [0.5, 0.6) is 0 Å². The number of anilines is 1. The largest absolute Gasteiger partial charge is 0.378 e. The van der Waals surface area contributed by atoms with Crippen molar-refractivity contribution in [1.82, 2.24) is 19.9 Å². The molecule has 5 nitrogen and oxygen atoms in total. The molecule has 0 spiro atoms. The Bertz CT molecular complexity index is 923. The van der Waals surface area contributed by atoms with Gasteiger partial charge in [-0.3, -0.25) is 0 Å². The highest BCUT2D eigenvalue weighted by Crippen LogP contribution is 2.41. The van der Waals surface area contributed by atoms with E-state index in [1.165, 1.54) is 36.9 Å². The van der Waals surface area contributed by atoms with Gasteiger partial charge in [-0.15, -0.1) is 24.8 Å². The number of hydrogen-bond donors (Lipinski definition) is 2. The number of aromatic nitrogens is 3. The predicted octanol–water partition coefficient (Wildman–Crippen LogP) is 4.91. The molecule has 2 aromatic heterocycles. The van der Waals surface area contributed by atoms with E-state index in [0.29, 0.717) is 11.2 Å². The average Bonchev–Trinajstić information content (AvgIpc) is 3.47. The summed E-state index contributed by atoms with van der Waals surface area (Å²) in [5.41, 5.74) is 4.55. The summed E-state index contributed by atoms with van der Waals surface area (Å²) < 4.78 is 2.09. The van der Waals surface area contributed by atoms with Crippen molar-refractivity contribution in [1.29, 1.82) is 0 Å². The molecule has 1 aromatic carbocycles. The molecular weight excluding hydrogens is 425 g/mol. The summed E-state index contributed by atoms with van der Waals surface area (Å²) in [4.78, 5) is 4.70.